The summed E-state index contributed by atoms with van der Waals surface area (Å²) in [6.07, 6.45) is 3.17. The maximum Gasteiger partial charge on any atom is 0.0657 e. The van der Waals surface area contributed by atoms with Crippen molar-refractivity contribution in [3.05, 3.63) is 46.2 Å². The molecule has 0 saturated heterocycles. The first kappa shape index (κ1) is 16.2. The van der Waals surface area contributed by atoms with Crippen LogP contribution in [-0.2, 0) is 0 Å². The zero-order valence-corrected chi connectivity index (χ0v) is 14.8. The van der Waals surface area contributed by atoms with Crippen LogP contribution in [0.4, 0.5) is 0 Å². The lowest BCUT2D eigenvalue weighted by atomic mass is 10.1. The molecule has 0 bridgehead atoms. The van der Waals surface area contributed by atoms with E-state index in [1.165, 1.54) is 5.56 Å². The third-order valence-corrected chi connectivity index (χ3v) is 4.30. The number of rotatable bonds is 6. The van der Waals surface area contributed by atoms with E-state index in [1.807, 2.05) is 10.9 Å². The third-order valence-electron chi connectivity index (χ3n) is 3.62. The van der Waals surface area contributed by atoms with Crippen LogP contribution in [0.3, 0.4) is 0 Å². The minimum absolute atomic E-state index is 0.345. The molecule has 2 aromatic rings. The van der Waals surface area contributed by atoms with Gasteiger partial charge in [0.15, 0.2) is 0 Å². The van der Waals surface area contributed by atoms with E-state index in [2.05, 4.69) is 78.3 Å². The Morgan fingerprint density at radius 2 is 2.00 bits per heavy atom. The van der Waals surface area contributed by atoms with Gasteiger partial charge in [-0.25, -0.2) is 4.68 Å². The summed E-state index contributed by atoms with van der Waals surface area (Å²) in [5.41, 5.74) is 3.48. The summed E-state index contributed by atoms with van der Waals surface area (Å²) in [5, 5.41) is 8.14. The molecule has 0 fully saturated rings. The van der Waals surface area contributed by atoms with Crippen molar-refractivity contribution in [2.45, 2.75) is 46.1 Å². The topological polar surface area (TPSA) is 29.9 Å². The molecular weight excluding hydrogens is 326 g/mol. The number of halogens is 1. The van der Waals surface area contributed by atoms with Gasteiger partial charge in [-0.05, 0) is 49.6 Å². The van der Waals surface area contributed by atoms with E-state index in [0.717, 1.165) is 28.8 Å². The Morgan fingerprint density at radius 1 is 1.24 bits per heavy atom. The number of nitrogens with zero attached hydrogens (tertiary/aromatic N) is 2. The van der Waals surface area contributed by atoms with E-state index in [4.69, 9.17) is 0 Å². The molecule has 1 unspecified atom stereocenters. The van der Waals surface area contributed by atoms with Gasteiger partial charge in [-0.15, -0.1) is 0 Å². The van der Waals surface area contributed by atoms with Crippen LogP contribution < -0.4 is 5.32 Å². The van der Waals surface area contributed by atoms with Gasteiger partial charge in [0, 0.05) is 16.7 Å². The smallest absolute Gasteiger partial charge is 0.0657 e. The van der Waals surface area contributed by atoms with E-state index in [-0.39, 0.29) is 0 Å². The second-order valence-corrected chi connectivity index (χ2v) is 6.58. The van der Waals surface area contributed by atoms with Crippen molar-refractivity contribution >= 4 is 15.9 Å². The second-order valence-electron chi connectivity index (χ2n) is 5.72. The molecule has 1 atom stereocenters. The number of hydrogen-bond acceptors (Lipinski definition) is 2. The summed E-state index contributed by atoms with van der Waals surface area (Å²) < 4.78 is 3.06. The highest BCUT2D eigenvalue weighted by atomic mass is 79.9. The molecule has 2 rings (SSSR count). The van der Waals surface area contributed by atoms with Gasteiger partial charge in [0.25, 0.3) is 0 Å². The van der Waals surface area contributed by atoms with Crippen molar-refractivity contribution < 1.29 is 0 Å². The molecule has 0 aliphatic carbocycles. The van der Waals surface area contributed by atoms with Gasteiger partial charge in [0.1, 0.15) is 0 Å². The van der Waals surface area contributed by atoms with E-state index in [1.54, 1.807) is 0 Å². The van der Waals surface area contributed by atoms with Gasteiger partial charge >= 0.3 is 0 Å². The highest BCUT2D eigenvalue weighted by Gasteiger charge is 2.11. The molecule has 114 valence electrons. The number of aromatic nitrogens is 2. The normalized spacial score (nSPS) is 12.9. The first-order valence-electron chi connectivity index (χ1n) is 7.61. The van der Waals surface area contributed by atoms with Crippen LogP contribution in [0.1, 0.15) is 57.3 Å². The molecule has 1 heterocycles. The summed E-state index contributed by atoms with van der Waals surface area (Å²) in [4.78, 5) is 0. The Kier molecular flexibility index (Phi) is 5.59. The fourth-order valence-electron chi connectivity index (χ4n) is 2.27. The highest BCUT2D eigenvalue weighted by Crippen LogP contribution is 2.26. The summed E-state index contributed by atoms with van der Waals surface area (Å²) >= 11 is 3.69. The van der Waals surface area contributed by atoms with Crippen molar-refractivity contribution in [1.29, 1.82) is 0 Å². The second kappa shape index (κ2) is 7.23. The molecule has 0 radical (unpaired) electrons. The maximum atomic E-state index is 4.63. The van der Waals surface area contributed by atoms with Gasteiger partial charge < -0.3 is 5.32 Å². The number of benzene rings is 1. The van der Waals surface area contributed by atoms with E-state index < -0.39 is 0 Å². The highest BCUT2D eigenvalue weighted by molar-refractivity contribution is 9.10. The molecule has 0 aliphatic heterocycles. The molecule has 1 aromatic heterocycles. The lowest BCUT2D eigenvalue weighted by Crippen LogP contribution is -2.19. The Labute approximate surface area is 135 Å². The molecule has 0 saturated carbocycles. The molecule has 0 spiro atoms. The quantitative estimate of drug-likeness (QED) is 0.810. The average Bonchev–Trinajstić information content (AvgIpc) is 2.94. The molecule has 1 aromatic carbocycles. The zero-order valence-electron chi connectivity index (χ0n) is 13.2. The lowest BCUT2D eigenvalue weighted by molar-refractivity contribution is 0.569. The lowest BCUT2D eigenvalue weighted by Gasteiger charge is -2.16. The standard InChI is InChI=1S/C17H24BrN3/c1-5-9-19-13(4)15-7-6-14(11-16(15)18)21-10-8-17(20-21)12(2)3/h6-8,10-13,19H,5,9H2,1-4H3. The van der Waals surface area contributed by atoms with Crippen LogP contribution in [-0.4, -0.2) is 16.3 Å². The number of hydrogen-bond donors (Lipinski definition) is 1. The molecule has 4 heteroatoms. The van der Waals surface area contributed by atoms with Gasteiger partial charge in [-0.2, -0.15) is 5.10 Å². The van der Waals surface area contributed by atoms with Gasteiger partial charge in [-0.3, -0.25) is 0 Å². The van der Waals surface area contributed by atoms with Gasteiger partial charge in [-0.1, -0.05) is 42.8 Å². The monoisotopic (exact) mass is 349 g/mol. The van der Waals surface area contributed by atoms with Crippen LogP contribution in [0, 0.1) is 0 Å². The SMILES string of the molecule is CCCNC(C)c1ccc(-n2ccc(C(C)C)n2)cc1Br. The maximum absolute atomic E-state index is 4.63. The minimum Gasteiger partial charge on any atom is -0.310 e. The van der Waals surface area contributed by atoms with Crippen molar-refractivity contribution in [3.63, 3.8) is 0 Å². The van der Waals surface area contributed by atoms with Crippen LogP contribution >= 0.6 is 15.9 Å². The van der Waals surface area contributed by atoms with E-state index in [9.17, 15) is 0 Å². The van der Waals surface area contributed by atoms with Crippen LogP contribution in [0.15, 0.2) is 34.9 Å². The molecule has 1 N–H and O–H groups in total. The first-order valence-corrected chi connectivity index (χ1v) is 8.41. The van der Waals surface area contributed by atoms with E-state index >= 15 is 0 Å². The van der Waals surface area contributed by atoms with Gasteiger partial charge in [0.05, 0.1) is 11.4 Å². The average molecular weight is 350 g/mol. The predicted octanol–water partition coefficient (Wildman–Crippen LogP) is 4.82. The molecule has 0 aliphatic rings. The largest absolute Gasteiger partial charge is 0.310 e. The Balaban J connectivity index is 2.21. The summed E-state index contributed by atoms with van der Waals surface area (Å²) in [5.74, 6) is 0.451. The Hall–Kier alpha value is -1.13. The van der Waals surface area contributed by atoms with E-state index in [0.29, 0.717) is 12.0 Å². The van der Waals surface area contributed by atoms with Crippen LogP contribution in [0.5, 0.6) is 0 Å². The first-order chi connectivity index (χ1) is 10.0. The fraction of sp³-hybridized carbons (Fsp3) is 0.471. The molecular formula is C17H24BrN3. The predicted molar refractivity (Wildman–Crippen MR) is 92.1 cm³/mol. The van der Waals surface area contributed by atoms with Crippen LogP contribution in [0.25, 0.3) is 5.69 Å². The number of nitrogens with one attached hydrogen (secondary N) is 1. The van der Waals surface area contributed by atoms with Crippen molar-refractivity contribution in [3.8, 4) is 5.69 Å². The van der Waals surface area contributed by atoms with Crippen molar-refractivity contribution in [2.75, 3.05) is 6.54 Å². The Bertz CT molecular complexity index is 589. The third kappa shape index (κ3) is 3.95. The summed E-state index contributed by atoms with van der Waals surface area (Å²) in [6, 6.07) is 8.86. The zero-order chi connectivity index (χ0) is 15.4. The summed E-state index contributed by atoms with van der Waals surface area (Å²) in [7, 11) is 0. The summed E-state index contributed by atoms with van der Waals surface area (Å²) in [6.45, 7) is 9.73. The molecule has 21 heavy (non-hydrogen) atoms. The molecule has 0 amide bonds. The van der Waals surface area contributed by atoms with Gasteiger partial charge in [0.2, 0.25) is 0 Å². The van der Waals surface area contributed by atoms with Crippen LogP contribution in [0.2, 0.25) is 0 Å². The van der Waals surface area contributed by atoms with Crippen molar-refractivity contribution in [2.24, 2.45) is 0 Å². The Morgan fingerprint density at radius 3 is 2.57 bits per heavy atom. The minimum atomic E-state index is 0.345. The molecule has 3 nitrogen and oxygen atoms in total. The fourth-order valence-corrected chi connectivity index (χ4v) is 2.98. The van der Waals surface area contributed by atoms with Crippen molar-refractivity contribution in [1.82, 2.24) is 15.1 Å².